The van der Waals surface area contributed by atoms with Crippen molar-refractivity contribution in [1.82, 2.24) is 4.98 Å². The number of anilines is 1. The molecule has 1 aromatic carbocycles. The fraction of sp³-hybridized carbons (Fsp3) is 0.312. The van der Waals surface area contributed by atoms with Gasteiger partial charge in [-0.25, -0.2) is 4.98 Å². The molecule has 2 N–H and O–H groups in total. The molecule has 100 valence electrons. The van der Waals surface area contributed by atoms with Crippen LogP contribution in [0.3, 0.4) is 0 Å². The monoisotopic (exact) mass is 255 g/mol. The summed E-state index contributed by atoms with van der Waals surface area (Å²) in [5, 5.41) is 0. The van der Waals surface area contributed by atoms with Crippen molar-refractivity contribution >= 4 is 5.82 Å². The SMILES string of the molecule is Cc1ccccc1CN(C)c1ncccc1C(C)N. The van der Waals surface area contributed by atoms with Crippen LogP contribution in [0.25, 0.3) is 0 Å². The van der Waals surface area contributed by atoms with Crippen LogP contribution >= 0.6 is 0 Å². The fourth-order valence-electron chi connectivity index (χ4n) is 2.20. The molecule has 2 aromatic rings. The standard InChI is InChI=1S/C16H21N3/c1-12-7-4-5-8-14(12)11-19(3)16-15(13(2)17)9-6-10-18-16/h4-10,13H,11,17H2,1-3H3. The summed E-state index contributed by atoms with van der Waals surface area (Å²) in [7, 11) is 2.06. The van der Waals surface area contributed by atoms with Crippen LogP contribution in [0, 0.1) is 6.92 Å². The summed E-state index contributed by atoms with van der Waals surface area (Å²) in [6, 6.07) is 12.4. The van der Waals surface area contributed by atoms with Crippen LogP contribution in [0.15, 0.2) is 42.6 Å². The highest BCUT2D eigenvalue weighted by atomic mass is 15.2. The van der Waals surface area contributed by atoms with Crippen LogP contribution in [-0.4, -0.2) is 12.0 Å². The molecule has 0 spiro atoms. The molecule has 1 aromatic heterocycles. The zero-order valence-electron chi connectivity index (χ0n) is 11.8. The average Bonchev–Trinajstić information content (AvgIpc) is 2.41. The van der Waals surface area contributed by atoms with Crippen LogP contribution in [0.1, 0.15) is 29.7 Å². The van der Waals surface area contributed by atoms with E-state index in [2.05, 4.69) is 48.1 Å². The highest BCUT2D eigenvalue weighted by molar-refractivity contribution is 5.48. The summed E-state index contributed by atoms with van der Waals surface area (Å²) in [5.41, 5.74) is 9.70. The Kier molecular flexibility index (Phi) is 4.17. The van der Waals surface area contributed by atoms with Crippen molar-refractivity contribution in [2.75, 3.05) is 11.9 Å². The van der Waals surface area contributed by atoms with Gasteiger partial charge in [0.05, 0.1) is 0 Å². The lowest BCUT2D eigenvalue weighted by atomic mass is 10.1. The molecule has 0 saturated carbocycles. The Bertz CT molecular complexity index is 549. The van der Waals surface area contributed by atoms with Gasteiger partial charge in [0.1, 0.15) is 5.82 Å². The Balaban J connectivity index is 2.26. The average molecular weight is 255 g/mol. The van der Waals surface area contributed by atoms with E-state index in [0.29, 0.717) is 0 Å². The number of nitrogens with zero attached hydrogens (tertiary/aromatic N) is 2. The first-order valence-electron chi connectivity index (χ1n) is 6.55. The number of aryl methyl sites for hydroxylation is 1. The molecule has 1 heterocycles. The van der Waals surface area contributed by atoms with Crippen LogP contribution in [0.2, 0.25) is 0 Å². The van der Waals surface area contributed by atoms with Gasteiger partial charge >= 0.3 is 0 Å². The summed E-state index contributed by atoms with van der Waals surface area (Å²) >= 11 is 0. The Morgan fingerprint density at radius 1 is 1.21 bits per heavy atom. The molecule has 0 radical (unpaired) electrons. The van der Waals surface area contributed by atoms with Gasteiger partial charge in [-0.3, -0.25) is 0 Å². The van der Waals surface area contributed by atoms with Gasteiger partial charge in [-0.2, -0.15) is 0 Å². The van der Waals surface area contributed by atoms with Crippen LogP contribution in [-0.2, 0) is 6.54 Å². The number of pyridine rings is 1. The van der Waals surface area contributed by atoms with Gasteiger partial charge < -0.3 is 10.6 Å². The Morgan fingerprint density at radius 3 is 2.63 bits per heavy atom. The summed E-state index contributed by atoms with van der Waals surface area (Å²) < 4.78 is 0. The van der Waals surface area contributed by atoms with E-state index in [1.165, 1.54) is 11.1 Å². The quantitative estimate of drug-likeness (QED) is 0.913. The third-order valence-electron chi connectivity index (χ3n) is 3.34. The lowest BCUT2D eigenvalue weighted by molar-refractivity contribution is 0.787. The molecule has 0 fully saturated rings. The predicted molar refractivity (Wildman–Crippen MR) is 80.1 cm³/mol. The first-order valence-corrected chi connectivity index (χ1v) is 6.55. The third kappa shape index (κ3) is 3.12. The van der Waals surface area contributed by atoms with Gasteiger partial charge in [-0.05, 0) is 31.0 Å². The maximum Gasteiger partial charge on any atom is 0.133 e. The zero-order chi connectivity index (χ0) is 13.8. The van der Waals surface area contributed by atoms with Crippen molar-refractivity contribution in [3.8, 4) is 0 Å². The number of benzene rings is 1. The number of hydrogen-bond acceptors (Lipinski definition) is 3. The van der Waals surface area contributed by atoms with Crippen molar-refractivity contribution in [3.63, 3.8) is 0 Å². The molecular formula is C16H21N3. The number of hydrogen-bond donors (Lipinski definition) is 1. The van der Waals surface area contributed by atoms with Gasteiger partial charge in [-0.1, -0.05) is 30.3 Å². The van der Waals surface area contributed by atoms with Crippen molar-refractivity contribution in [1.29, 1.82) is 0 Å². The van der Waals surface area contributed by atoms with E-state index in [-0.39, 0.29) is 6.04 Å². The molecule has 0 saturated heterocycles. The van der Waals surface area contributed by atoms with E-state index in [0.717, 1.165) is 17.9 Å². The molecule has 0 aliphatic heterocycles. The van der Waals surface area contributed by atoms with E-state index in [1.54, 1.807) is 0 Å². The van der Waals surface area contributed by atoms with E-state index >= 15 is 0 Å². The molecule has 0 aliphatic rings. The lowest BCUT2D eigenvalue weighted by Crippen LogP contribution is -2.21. The molecule has 3 heteroatoms. The maximum absolute atomic E-state index is 6.01. The first-order chi connectivity index (χ1) is 9.09. The van der Waals surface area contributed by atoms with Gasteiger partial charge in [-0.15, -0.1) is 0 Å². The highest BCUT2D eigenvalue weighted by Crippen LogP contribution is 2.23. The molecule has 0 amide bonds. The van der Waals surface area contributed by atoms with E-state index in [1.807, 2.05) is 25.3 Å². The minimum absolute atomic E-state index is 0.0111. The predicted octanol–water partition coefficient (Wildman–Crippen LogP) is 3.05. The highest BCUT2D eigenvalue weighted by Gasteiger charge is 2.12. The second-order valence-corrected chi connectivity index (χ2v) is 4.99. The summed E-state index contributed by atoms with van der Waals surface area (Å²) in [4.78, 5) is 6.63. The van der Waals surface area contributed by atoms with Gasteiger partial charge in [0, 0.05) is 31.4 Å². The first kappa shape index (κ1) is 13.6. The third-order valence-corrected chi connectivity index (χ3v) is 3.34. The summed E-state index contributed by atoms with van der Waals surface area (Å²) in [6.45, 7) is 4.96. The second-order valence-electron chi connectivity index (χ2n) is 4.99. The van der Waals surface area contributed by atoms with Gasteiger partial charge in [0.25, 0.3) is 0 Å². The molecule has 0 aliphatic carbocycles. The van der Waals surface area contributed by atoms with Gasteiger partial charge in [0.2, 0.25) is 0 Å². The van der Waals surface area contributed by atoms with Gasteiger partial charge in [0.15, 0.2) is 0 Å². The van der Waals surface area contributed by atoms with Crippen LogP contribution in [0.5, 0.6) is 0 Å². The van der Waals surface area contributed by atoms with Crippen molar-refractivity contribution in [3.05, 3.63) is 59.3 Å². The molecule has 19 heavy (non-hydrogen) atoms. The smallest absolute Gasteiger partial charge is 0.133 e. The summed E-state index contributed by atoms with van der Waals surface area (Å²) in [6.07, 6.45) is 1.82. The van der Waals surface area contributed by atoms with Crippen LogP contribution < -0.4 is 10.6 Å². The molecule has 1 unspecified atom stereocenters. The number of rotatable bonds is 4. The fourth-order valence-corrected chi connectivity index (χ4v) is 2.20. The Hall–Kier alpha value is -1.87. The molecule has 3 nitrogen and oxygen atoms in total. The van der Waals surface area contributed by atoms with Crippen molar-refractivity contribution < 1.29 is 0 Å². The lowest BCUT2D eigenvalue weighted by Gasteiger charge is -2.23. The minimum Gasteiger partial charge on any atom is -0.355 e. The van der Waals surface area contributed by atoms with E-state index in [9.17, 15) is 0 Å². The molecule has 2 rings (SSSR count). The van der Waals surface area contributed by atoms with E-state index < -0.39 is 0 Å². The number of nitrogens with two attached hydrogens (primary N) is 1. The largest absolute Gasteiger partial charge is 0.355 e. The minimum atomic E-state index is -0.0111. The molecule has 1 atom stereocenters. The van der Waals surface area contributed by atoms with Crippen molar-refractivity contribution in [2.24, 2.45) is 5.73 Å². The molecule has 0 bridgehead atoms. The number of aromatic nitrogens is 1. The van der Waals surface area contributed by atoms with Crippen molar-refractivity contribution in [2.45, 2.75) is 26.4 Å². The van der Waals surface area contributed by atoms with E-state index in [4.69, 9.17) is 5.73 Å². The zero-order valence-corrected chi connectivity index (χ0v) is 11.8. The Labute approximate surface area is 115 Å². The Morgan fingerprint density at radius 2 is 1.95 bits per heavy atom. The maximum atomic E-state index is 6.01. The second kappa shape index (κ2) is 5.85. The topological polar surface area (TPSA) is 42.2 Å². The molecular weight excluding hydrogens is 234 g/mol. The van der Waals surface area contributed by atoms with Crippen LogP contribution in [0.4, 0.5) is 5.82 Å². The summed E-state index contributed by atoms with van der Waals surface area (Å²) in [5.74, 6) is 0.959. The normalized spacial score (nSPS) is 12.2.